The first-order valence-electron chi connectivity index (χ1n) is 8.05. The van der Waals surface area contributed by atoms with Crippen LogP contribution in [-0.2, 0) is 4.79 Å². The van der Waals surface area contributed by atoms with E-state index in [-0.39, 0.29) is 17.4 Å². The van der Waals surface area contributed by atoms with Crippen LogP contribution in [0.25, 0.3) is 0 Å². The van der Waals surface area contributed by atoms with E-state index in [0.717, 1.165) is 11.4 Å². The van der Waals surface area contributed by atoms with Crippen LogP contribution in [0.2, 0.25) is 0 Å². The summed E-state index contributed by atoms with van der Waals surface area (Å²) in [5.74, 6) is -0.291. The minimum Gasteiger partial charge on any atom is -0.497 e. The maximum atomic E-state index is 13.6. The Morgan fingerprint density at radius 1 is 1.24 bits per heavy atom. The lowest BCUT2D eigenvalue weighted by molar-refractivity contribution is -0.117. The zero-order chi connectivity index (χ0) is 17.8. The second kappa shape index (κ2) is 7.34. The Bertz CT molecular complexity index is 776. The number of rotatable bonds is 5. The Kier molecular flexibility index (Phi) is 4.97. The lowest BCUT2D eigenvalue weighted by Gasteiger charge is -2.17. The number of ether oxygens (including phenoxy) is 1. The normalized spacial score (nSPS) is 16.8. The zero-order valence-electron chi connectivity index (χ0n) is 13.9. The molecule has 0 radical (unpaired) electrons. The number of carbonyl (C=O) groups is 2. The summed E-state index contributed by atoms with van der Waals surface area (Å²) in [6, 6.07) is 13.1. The number of hydrogen-bond donors (Lipinski definition) is 1. The first kappa shape index (κ1) is 17.0. The molecular weight excluding hydrogens is 323 g/mol. The molecule has 0 aromatic heterocycles. The maximum absolute atomic E-state index is 13.6. The number of nitrogens with zero attached hydrogens (tertiary/aromatic N) is 1. The van der Waals surface area contributed by atoms with Crippen LogP contribution < -0.4 is 15.0 Å². The first-order valence-corrected chi connectivity index (χ1v) is 8.05. The molecule has 2 amide bonds. The molecule has 3 rings (SSSR count). The van der Waals surface area contributed by atoms with E-state index >= 15 is 0 Å². The molecule has 1 N–H and O–H groups in total. The molecule has 1 heterocycles. The molecule has 1 fully saturated rings. The van der Waals surface area contributed by atoms with E-state index in [1.165, 1.54) is 18.2 Å². The van der Waals surface area contributed by atoms with Crippen LogP contribution in [-0.4, -0.2) is 32.0 Å². The summed E-state index contributed by atoms with van der Waals surface area (Å²) >= 11 is 0. The maximum Gasteiger partial charge on any atom is 0.254 e. The van der Waals surface area contributed by atoms with Crippen molar-refractivity contribution in [3.63, 3.8) is 0 Å². The van der Waals surface area contributed by atoms with Crippen LogP contribution in [0, 0.1) is 11.7 Å². The highest BCUT2D eigenvalue weighted by Crippen LogP contribution is 2.26. The fraction of sp³-hybridized carbons (Fsp3) is 0.263. The summed E-state index contributed by atoms with van der Waals surface area (Å²) in [6.07, 6.45) is 0.351. The number of halogens is 1. The van der Waals surface area contributed by atoms with Crippen molar-refractivity contribution in [3.05, 3.63) is 59.9 Å². The van der Waals surface area contributed by atoms with Crippen molar-refractivity contribution in [2.45, 2.75) is 6.42 Å². The largest absolute Gasteiger partial charge is 0.497 e. The smallest absolute Gasteiger partial charge is 0.254 e. The Hall–Kier alpha value is -2.89. The predicted octanol–water partition coefficient (Wildman–Crippen LogP) is 2.62. The van der Waals surface area contributed by atoms with Crippen LogP contribution in [0.3, 0.4) is 0 Å². The summed E-state index contributed by atoms with van der Waals surface area (Å²) in [7, 11) is 1.59. The van der Waals surface area contributed by atoms with Gasteiger partial charge in [0.05, 0.1) is 12.7 Å². The van der Waals surface area contributed by atoms with Crippen molar-refractivity contribution >= 4 is 17.5 Å². The van der Waals surface area contributed by atoms with Crippen LogP contribution in [0.4, 0.5) is 10.1 Å². The molecule has 130 valence electrons. The Morgan fingerprint density at radius 3 is 2.64 bits per heavy atom. The van der Waals surface area contributed by atoms with Gasteiger partial charge in [0.25, 0.3) is 5.91 Å². The van der Waals surface area contributed by atoms with Crippen molar-refractivity contribution in [3.8, 4) is 5.75 Å². The molecule has 1 aliphatic rings. The van der Waals surface area contributed by atoms with Gasteiger partial charge >= 0.3 is 0 Å². The van der Waals surface area contributed by atoms with Gasteiger partial charge in [0.2, 0.25) is 5.91 Å². The first-order chi connectivity index (χ1) is 12.1. The summed E-state index contributed by atoms with van der Waals surface area (Å²) in [5.41, 5.74) is 0.813. The molecule has 2 aromatic carbocycles. The number of carbonyl (C=O) groups excluding carboxylic acids is 2. The van der Waals surface area contributed by atoms with Crippen LogP contribution in [0.15, 0.2) is 48.5 Å². The number of benzene rings is 2. The quantitative estimate of drug-likeness (QED) is 0.909. The molecular formula is C19H19FN2O3. The van der Waals surface area contributed by atoms with Gasteiger partial charge in [-0.3, -0.25) is 9.59 Å². The highest BCUT2D eigenvalue weighted by molar-refractivity contribution is 5.96. The topological polar surface area (TPSA) is 58.6 Å². The van der Waals surface area contributed by atoms with Gasteiger partial charge in [-0.05, 0) is 36.4 Å². The number of amides is 2. The molecule has 1 aliphatic heterocycles. The second-order valence-corrected chi connectivity index (χ2v) is 5.96. The van der Waals surface area contributed by atoms with E-state index in [4.69, 9.17) is 4.74 Å². The summed E-state index contributed by atoms with van der Waals surface area (Å²) in [4.78, 5) is 26.0. The molecule has 1 saturated heterocycles. The average molecular weight is 342 g/mol. The van der Waals surface area contributed by atoms with Gasteiger partial charge < -0.3 is 15.0 Å². The molecule has 2 aromatic rings. The van der Waals surface area contributed by atoms with E-state index in [1.807, 2.05) is 12.1 Å². The van der Waals surface area contributed by atoms with E-state index in [9.17, 15) is 14.0 Å². The fourth-order valence-electron chi connectivity index (χ4n) is 2.91. The van der Waals surface area contributed by atoms with E-state index in [0.29, 0.717) is 19.5 Å². The second-order valence-electron chi connectivity index (χ2n) is 5.96. The Balaban J connectivity index is 1.59. The summed E-state index contributed by atoms with van der Waals surface area (Å²) in [6.45, 7) is 0.842. The highest BCUT2D eigenvalue weighted by atomic mass is 19.1. The number of nitrogens with one attached hydrogen (secondary N) is 1. The van der Waals surface area contributed by atoms with Gasteiger partial charge in [0, 0.05) is 31.1 Å². The van der Waals surface area contributed by atoms with Gasteiger partial charge in [0.1, 0.15) is 11.6 Å². The molecule has 0 bridgehead atoms. The summed E-state index contributed by atoms with van der Waals surface area (Å²) in [5, 5.41) is 2.71. The standard InChI is InChI=1S/C19H19FN2O3/c1-25-15-8-6-14(7-9-15)22-12-13(10-18(22)23)11-21-19(24)16-4-2-3-5-17(16)20/h2-9,13H,10-12H2,1H3,(H,21,24). The van der Waals surface area contributed by atoms with Gasteiger partial charge in [-0.25, -0.2) is 4.39 Å². The molecule has 1 atom stereocenters. The number of hydrogen-bond acceptors (Lipinski definition) is 3. The minimum absolute atomic E-state index is 0.00896. The predicted molar refractivity (Wildman–Crippen MR) is 92.2 cm³/mol. The van der Waals surface area contributed by atoms with Crippen molar-refractivity contribution in [2.75, 3.05) is 25.1 Å². The SMILES string of the molecule is COc1ccc(N2CC(CNC(=O)c3ccccc3F)CC2=O)cc1. The average Bonchev–Trinajstić information content (AvgIpc) is 3.01. The third kappa shape index (κ3) is 3.79. The van der Waals surface area contributed by atoms with E-state index in [1.54, 1.807) is 30.2 Å². The van der Waals surface area contributed by atoms with E-state index in [2.05, 4.69) is 5.32 Å². The molecule has 0 aliphatic carbocycles. The minimum atomic E-state index is -0.553. The molecule has 0 spiro atoms. The number of anilines is 1. The highest BCUT2D eigenvalue weighted by Gasteiger charge is 2.30. The molecule has 5 nitrogen and oxygen atoms in total. The molecule has 25 heavy (non-hydrogen) atoms. The van der Waals surface area contributed by atoms with Crippen LogP contribution >= 0.6 is 0 Å². The van der Waals surface area contributed by atoms with Crippen molar-refractivity contribution < 1.29 is 18.7 Å². The summed E-state index contributed by atoms with van der Waals surface area (Å²) < 4.78 is 18.7. The van der Waals surface area contributed by atoms with Gasteiger partial charge in [-0.1, -0.05) is 12.1 Å². The Morgan fingerprint density at radius 2 is 1.96 bits per heavy atom. The fourth-order valence-corrected chi connectivity index (χ4v) is 2.91. The molecule has 0 saturated carbocycles. The third-order valence-electron chi connectivity index (χ3n) is 4.26. The Labute approximate surface area is 145 Å². The van der Waals surface area contributed by atoms with E-state index < -0.39 is 11.7 Å². The van der Waals surface area contributed by atoms with Gasteiger partial charge in [-0.2, -0.15) is 0 Å². The lowest BCUT2D eigenvalue weighted by atomic mass is 10.1. The lowest BCUT2D eigenvalue weighted by Crippen LogP contribution is -2.31. The van der Waals surface area contributed by atoms with Gasteiger partial charge in [0.15, 0.2) is 0 Å². The zero-order valence-corrected chi connectivity index (χ0v) is 13.9. The van der Waals surface area contributed by atoms with Crippen molar-refractivity contribution in [2.24, 2.45) is 5.92 Å². The number of methoxy groups -OCH3 is 1. The third-order valence-corrected chi connectivity index (χ3v) is 4.26. The monoisotopic (exact) mass is 342 g/mol. The van der Waals surface area contributed by atoms with Crippen LogP contribution in [0.1, 0.15) is 16.8 Å². The molecule has 6 heteroatoms. The molecule has 1 unspecified atom stereocenters. The van der Waals surface area contributed by atoms with Crippen molar-refractivity contribution in [1.82, 2.24) is 5.32 Å². The van der Waals surface area contributed by atoms with Crippen molar-refractivity contribution in [1.29, 1.82) is 0 Å². The van der Waals surface area contributed by atoms with Crippen LogP contribution in [0.5, 0.6) is 5.75 Å². The van der Waals surface area contributed by atoms with Gasteiger partial charge in [-0.15, -0.1) is 0 Å².